The summed E-state index contributed by atoms with van der Waals surface area (Å²) < 4.78 is 25.5. The maximum absolute atomic E-state index is 12.9. The Morgan fingerprint density at radius 1 is 1.07 bits per heavy atom. The Morgan fingerprint density at radius 2 is 1.87 bits per heavy atom. The second kappa shape index (κ2) is 3.82. The summed E-state index contributed by atoms with van der Waals surface area (Å²) in [7, 11) is 0. The first kappa shape index (κ1) is 9.86. The highest BCUT2D eigenvalue weighted by Crippen LogP contribution is 2.22. The topological polar surface area (TPSA) is 36.0 Å². The number of halogens is 2. The summed E-state index contributed by atoms with van der Waals surface area (Å²) >= 11 is 0. The highest BCUT2D eigenvalue weighted by molar-refractivity contribution is 5.28. The molecule has 15 heavy (non-hydrogen) atoms. The number of hydrogen-bond donors (Lipinski definition) is 2. The van der Waals surface area contributed by atoms with Gasteiger partial charge in [-0.25, -0.2) is 8.78 Å². The Morgan fingerprint density at radius 3 is 2.47 bits per heavy atom. The van der Waals surface area contributed by atoms with Gasteiger partial charge in [-0.2, -0.15) is 0 Å². The predicted molar refractivity (Wildman–Crippen MR) is 51.2 cm³/mol. The fourth-order valence-corrected chi connectivity index (χ4v) is 1.38. The highest BCUT2D eigenvalue weighted by atomic mass is 19.2. The van der Waals surface area contributed by atoms with Gasteiger partial charge in [0.15, 0.2) is 11.6 Å². The molecule has 0 saturated heterocycles. The second-order valence-corrected chi connectivity index (χ2v) is 3.22. The normalized spacial score (nSPS) is 12.7. The third-order valence-electron chi connectivity index (χ3n) is 2.20. The van der Waals surface area contributed by atoms with Crippen LogP contribution in [0.3, 0.4) is 0 Å². The maximum atomic E-state index is 12.9. The molecule has 78 valence electrons. The fraction of sp³-hybridized carbons (Fsp3) is 0.0909. The minimum absolute atomic E-state index is 0.327. The van der Waals surface area contributed by atoms with Crippen LogP contribution in [-0.4, -0.2) is 10.1 Å². The molecule has 0 fully saturated rings. The summed E-state index contributed by atoms with van der Waals surface area (Å²) in [4.78, 5) is 2.78. The lowest BCUT2D eigenvalue weighted by Crippen LogP contribution is -1.99. The predicted octanol–water partition coefficient (Wildman–Crippen LogP) is 2.37. The summed E-state index contributed by atoms with van der Waals surface area (Å²) in [5.41, 5.74) is 0.939. The Bertz CT molecular complexity index is 454. The minimum Gasteiger partial charge on any atom is -0.384 e. The SMILES string of the molecule is OC(c1cc[nH]c1)c1ccc(F)c(F)c1. The zero-order chi connectivity index (χ0) is 10.8. The highest BCUT2D eigenvalue weighted by Gasteiger charge is 2.12. The van der Waals surface area contributed by atoms with Crippen molar-refractivity contribution in [1.82, 2.24) is 4.98 Å². The molecular formula is C11H9F2NO. The molecule has 2 N–H and O–H groups in total. The number of H-pyrrole nitrogens is 1. The van der Waals surface area contributed by atoms with Gasteiger partial charge in [0.2, 0.25) is 0 Å². The number of rotatable bonds is 2. The van der Waals surface area contributed by atoms with Crippen LogP contribution in [0.15, 0.2) is 36.7 Å². The van der Waals surface area contributed by atoms with Crippen LogP contribution in [0.5, 0.6) is 0 Å². The minimum atomic E-state index is -0.956. The smallest absolute Gasteiger partial charge is 0.159 e. The van der Waals surface area contributed by atoms with Gasteiger partial charge in [0.25, 0.3) is 0 Å². The van der Waals surface area contributed by atoms with Crippen molar-refractivity contribution in [3.8, 4) is 0 Å². The van der Waals surface area contributed by atoms with Gasteiger partial charge in [0.05, 0.1) is 0 Å². The van der Waals surface area contributed by atoms with E-state index < -0.39 is 17.7 Å². The quantitative estimate of drug-likeness (QED) is 0.782. The number of aromatic nitrogens is 1. The summed E-state index contributed by atoms with van der Waals surface area (Å²) in [5, 5.41) is 9.79. The lowest BCUT2D eigenvalue weighted by molar-refractivity contribution is 0.219. The largest absolute Gasteiger partial charge is 0.384 e. The molecular weight excluding hydrogens is 200 g/mol. The van der Waals surface area contributed by atoms with Crippen molar-refractivity contribution in [3.63, 3.8) is 0 Å². The maximum Gasteiger partial charge on any atom is 0.159 e. The molecule has 1 unspecified atom stereocenters. The lowest BCUT2D eigenvalue weighted by atomic mass is 10.0. The first-order valence-corrected chi connectivity index (χ1v) is 4.44. The van der Waals surface area contributed by atoms with Gasteiger partial charge < -0.3 is 10.1 Å². The molecule has 0 aliphatic carbocycles. The molecule has 2 nitrogen and oxygen atoms in total. The van der Waals surface area contributed by atoms with E-state index in [1.807, 2.05) is 0 Å². The number of hydrogen-bond acceptors (Lipinski definition) is 1. The van der Waals surface area contributed by atoms with Gasteiger partial charge >= 0.3 is 0 Å². The van der Waals surface area contributed by atoms with Crippen molar-refractivity contribution in [1.29, 1.82) is 0 Å². The van der Waals surface area contributed by atoms with Crippen molar-refractivity contribution < 1.29 is 13.9 Å². The molecule has 0 spiro atoms. The Balaban J connectivity index is 2.34. The number of aromatic amines is 1. The zero-order valence-corrected chi connectivity index (χ0v) is 7.74. The van der Waals surface area contributed by atoms with E-state index in [1.54, 1.807) is 18.5 Å². The van der Waals surface area contributed by atoms with Crippen LogP contribution in [0.1, 0.15) is 17.2 Å². The lowest BCUT2D eigenvalue weighted by Gasteiger charge is -2.09. The molecule has 0 saturated carbocycles. The van der Waals surface area contributed by atoms with Crippen LogP contribution in [0.2, 0.25) is 0 Å². The van der Waals surface area contributed by atoms with Crippen LogP contribution < -0.4 is 0 Å². The van der Waals surface area contributed by atoms with Crippen molar-refractivity contribution in [2.75, 3.05) is 0 Å². The van der Waals surface area contributed by atoms with Gasteiger partial charge in [-0.1, -0.05) is 6.07 Å². The molecule has 2 rings (SSSR count). The molecule has 1 aromatic carbocycles. The molecule has 0 aliphatic rings. The van der Waals surface area contributed by atoms with Crippen molar-refractivity contribution >= 4 is 0 Å². The molecule has 4 heteroatoms. The first-order valence-electron chi connectivity index (χ1n) is 4.44. The van der Waals surface area contributed by atoms with E-state index in [1.165, 1.54) is 6.07 Å². The molecule has 1 atom stereocenters. The van der Waals surface area contributed by atoms with Gasteiger partial charge in [-0.05, 0) is 23.8 Å². The Labute approximate surface area is 85.2 Å². The van der Waals surface area contributed by atoms with Gasteiger partial charge in [0.1, 0.15) is 6.10 Å². The summed E-state index contributed by atoms with van der Waals surface area (Å²) in [6.07, 6.45) is 2.32. The average molecular weight is 209 g/mol. The molecule has 2 aromatic rings. The molecule has 0 amide bonds. The van der Waals surface area contributed by atoms with Gasteiger partial charge in [-0.3, -0.25) is 0 Å². The van der Waals surface area contributed by atoms with Crippen molar-refractivity contribution in [2.24, 2.45) is 0 Å². The van der Waals surface area contributed by atoms with E-state index in [-0.39, 0.29) is 0 Å². The van der Waals surface area contributed by atoms with Crippen LogP contribution in [0.4, 0.5) is 8.78 Å². The molecule has 1 aromatic heterocycles. The number of aliphatic hydroxyl groups excluding tert-OH is 1. The average Bonchev–Trinajstić information content (AvgIpc) is 2.74. The Kier molecular flexibility index (Phi) is 2.51. The van der Waals surface area contributed by atoms with Crippen LogP contribution in [-0.2, 0) is 0 Å². The second-order valence-electron chi connectivity index (χ2n) is 3.22. The van der Waals surface area contributed by atoms with E-state index in [9.17, 15) is 13.9 Å². The molecule has 0 bridgehead atoms. The van der Waals surface area contributed by atoms with E-state index in [0.717, 1.165) is 12.1 Å². The molecule has 1 heterocycles. The van der Waals surface area contributed by atoms with E-state index >= 15 is 0 Å². The van der Waals surface area contributed by atoms with Gasteiger partial charge in [0, 0.05) is 18.0 Å². The first-order chi connectivity index (χ1) is 7.18. The summed E-state index contributed by atoms with van der Waals surface area (Å²) in [5.74, 6) is -1.87. The van der Waals surface area contributed by atoms with Crippen molar-refractivity contribution in [3.05, 3.63) is 59.4 Å². The van der Waals surface area contributed by atoms with E-state index in [2.05, 4.69) is 4.98 Å². The van der Waals surface area contributed by atoms with Crippen LogP contribution >= 0.6 is 0 Å². The van der Waals surface area contributed by atoms with E-state index in [4.69, 9.17) is 0 Å². The molecule has 0 aliphatic heterocycles. The number of aliphatic hydroxyl groups is 1. The number of nitrogens with one attached hydrogen (secondary N) is 1. The van der Waals surface area contributed by atoms with Gasteiger partial charge in [-0.15, -0.1) is 0 Å². The Hall–Kier alpha value is -1.68. The third-order valence-corrected chi connectivity index (χ3v) is 2.20. The molecule has 0 radical (unpaired) electrons. The fourth-order valence-electron chi connectivity index (χ4n) is 1.38. The van der Waals surface area contributed by atoms with Crippen molar-refractivity contribution in [2.45, 2.75) is 6.10 Å². The van der Waals surface area contributed by atoms with Crippen LogP contribution in [0.25, 0.3) is 0 Å². The monoisotopic (exact) mass is 209 g/mol. The van der Waals surface area contributed by atoms with E-state index in [0.29, 0.717) is 11.1 Å². The number of benzene rings is 1. The third kappa shape index (κ3) is 1.89. The zero-order valence-electron chi connectivity index (χ0n) is 7.74. The standard InChI is InChI=1S/C11H9F2NO/c12-9-2-1-7(5-10(9)13)11(15)8-3-4-14-6-8/h1-6,11,14-15H. The summed E-state index contributed by atoms with van der Waals surface area (Å²) in [6, 6.07) is 5.02. The summed E-state index contributed by atoms with van der Waals surface area (Å²) in [6.45, 7) is 0. The van der Waals surface area contributed by atoms with Crippen LogP contribution in [0, 0.1) is 11.6 Å².